The van der Waals surface area contributed by atoms with Crippen molar-refractivity contribution in [1.29, 1.82) is 0 Å². The highest BCUT2D eigenvalue weighted by atomic mass is 16.3. The molecule has 1 saturated heterocycles. The van der Waals surface area contributed by atoms with E-state index in [9.17, 15) is 0 Å². The summed E-state index contributed by atoms with van der Waals surface area (Å²) < 4.78 is 5.92. The second kappa shape index (κ2) is 4.76. The van der Waals surface area contributed by atoms with Crippen LogP contribution in [0.5, 0.6) is 0 Å². The summed E-state index contributed by atoms with van der Waals surface area (Å²) >= 11 is 0. The summed E-state index contributed by atoms with van der Waals surface area (Å²) in [5.74, 6) is 1.29. The second-order valence-corrected chi connectivity index (χ2v) is 5.26. The lowest BCUT2D eigenvalue weighted by molar-refractivity contribution is 0.616. The fraction of sp³-hybridized carbons (Fsp3) is 0.235. The van der Waals surface area contributed by atoms with E-state index in [0.29, 0.717) is 5.92 Å². The molecular weight excluding hydrogens is 248 g/mol. The number of para-hydroxylation sites is 2. The lowest BCUT2D eigenvalue weighted by atomic mass is 9.93. The molecule has 3 heteroatoms. The molecule has 1 fully saturated rings. The smallest absolute Gasteiger partial charge is 0.227 e. The third kappa shape index (κ3) is 1.91. The van der Waals surface area contributed by atoms with Gasteiger partial charge in [-0.3, -0.25) is 0 Å². The van der Waals surface area contributed by atoms with Crippen LogP contribution >= 0.6 is 0 Å². The monoisotopic (exact) mass is 264 g/mol. The van der Waals surface area contributed by atoms with Crippen LogP contribution in [0, 0.1) is 0 Å². The Labute approximate surface area is 117 Å². The Balaban J connectivity index is 1.84. The van der Waals surface area contributed by atoms with Crippen molar-refractivity contribution in [2.45, 2.75) is 12.3 Å². The normalized spacial score (nSPS) is 18.7. The molecule has 1 N–H and O–H groups in total. The van der Waals surface area contributed by atoms with Gasteiger partial charge in [-0.15, -0.1) is 0 Å². The van der Waals surface area contributed by atoms with Gasteiger partial charge in [-0.2, -0.15) is 0 Å². The largest absolute Gasteiger partial charge is 0.436 e. The molecule has 2 heterocycles. The van der Waals surface area contributed by atoms with Crippen LogP contribution in [-0.2, 0) is 0 Å². The molecule has 0 amide bonds. The maximum absolute atomic E-state index is 5.92. The molecule has 3 nitrogen and oxygen atoms in total. The quantitative estimate of drug-likeness (QED) is 0.769. The first-order valence-electron chi connectivity index (χ1n) is 7.07. The molecule has 0 saturated carbocycles. The van der Waals surface area contributed by atoms with Gasteiger partial charge >= 0.3 is 0 Å². The Bertz CT molecular complexity index is 708. The number of nitrogens with zero attached hydrogens (tertiary/aromatic N) is 1. The van der Waals surface area contributed by atoms with Crippen LogP contribution in [0.15, 0.2) is 52.9 Å². The highest BCUT2D eigenvalue weighted by molar-refractivity contribution is 5.76. The third-order valence-electron chi connectivity index (χ3n) is 3.99. The van der Waals surface area contributed by atoms with Crippen molar-refractivity contribution >= 4 is 11.1 Å². The highest BCUT2D eigenvalue weighted by Gasteiger charge is 2.21. The van der Waals surface area contributed by atoms with Crippen LogP contribution in [0.25, 0.3) is 22.6 Å². The van der Waals surface area contributed by atoms with E-state index < -0.39 is 0 Å². The summed E-state index contributed by atoms with van der Waals surface area (Å²) in [6.07, 6.45) is 1.18. The van der Waals surface area contributed by atoms with E-state index in [-0.39, 0.29) is 0 Å². The van der Waals surface area contributed by atoms with E-state index in [1.807, 2.05) is 24.3 Å². The molecule has 2 aromatic carbocycles. The van der Waals surface area contributed by atoms with Crippen molar-refractivity contribution in [1.82, 2.24) is 10.3 Å². The first-order chi connectivity index (χ1) is 9.92. The number of aromatic nitrogens is 1. The molecule has 0 radical (unpaired) electrons. The Morgan fingerprint density at radius 3 is 2.75 bits per heavy atom. The standard InChI is InChI=1S/C17H16N2O/c1-2-6-14(13(5-1)12-9-10-18-11-12)17-19-15-7-3-4-8-16(15)20-17/h1-8,12,18H,9-11H2. The third-order valence-corrected chi connectivity index (χ3v) is 3.99. The fourth-order valence-corrected chi connectivity index (χ4v) is 2.96. The zero-order valence-corrected chi connectivity index (χ0v) is 11.2. The van der Waals surface area contributed by atoms with Crippen molar-refractivity contribution in [3.8, 4) is 11.5 Å². The lowest BCUT2D eigenvalue weighted by Gasteiger charge is -2.12. The number of rotatable bonds is 2. The summed E-state index contributed by atoms with van der Waals surface area (Å²) in [5, 5.41) is 3.43. The molecule has 1 aliphatic heterocycles. The molecule has 1 atom stereocenters. The van der Waals surface area contributed by atoms with E-state index in [0.717, 1.165) is 35.6 Å². The molecule has 1 unspecified atom stereocenters. The van der Waals surface area contributed by atoms with Gasteiger partial charge in [-0.25, -0.2) is 4.98 Å². The zero-order valence-electron chi connectivity index (χ0n) is 11.2. The molecule has 20 heavy (non-hydrogen) atoms. The molecule has 1 aliphatic rings. The average molecular weight is 264 g/mol. The Morgan fingerprint density at radius 1 is 1.05 bits per heavy atom. The maximum Gasteiger partial charge on any atom is 0.227 e. The number of nitrogens with one attached hydrogen (secondary N) is 1. The molecule has 4 rings (SSSR count). The Hall–Kier alpha value is -2.13. The molecule has 1 aromatic heterocycles. The van der Waals surface area contributed by atoms with E-state index in [2.05, 4.69) is 34.6 Å². The van der Waals surface area contributed by atoms with Gasteiger partial charge in [0.1, 0.15) is 5.52 Å². The van der Waals surface area contributed by atoms with Gasteiger partial charge in [-0.1, -0.05) is 30.3 Å². The van der Waals surface area contributed by atoms with E-state index in [4.69, 9.17) is 4.42 Å². The first kappa shape index (κ1) is 11.7. The molecule has 0 bridgehead atoms. The molecule has 3 aromatic rings. The van der Waals surface area contributed by atoms with Gasteiger partial charge in [0.2, 0.25) is 5.89 Å². The highest BCUT2D eigenvalue weighted by Crippen LogP contribution is 2.33. The number of benzene rings is 2. The predicted octanol–water partition coefficient (Wildman–Crippen LogP) is 3.57. The minimum Gasteiger partial charge on any atom is -0.436 e. The number of hydrogen-bond donors (Lipinski definition) is 1. The van der Waals surface area contributed by atoms with Gasteiger partial charge in [0.15, 0.2) is 5.58 Å². The maximum atomic E-state index is 5.92. The van der Waals surface area contributed by atoms with Gasteiger partial charge in [-0.05, 0) is 42.6 Å². The Morgan fingerprint density at radius 2 is 1.90 bits per heavy atom. The lowest BCUT2D eigenvalue weighted by Crippen LogP contribution is -2.08. The topological polar surface area (TPSA) is 38.1 Å². The summed E-state index contributed by atoms with van der Waals surface area (Å²) in [4.78, 5) is 4.63. The van der Waals surface area contributed by atoms with Crippen LogP contribution < -0.4 is 5.32 Å². The molecule has 0 spiro atoms. The molecular formula is C17H16N2O. The van der Waals surface area contributed by atoms with E-state index in [1.165, 1.54) is 12.0 Å². The zero-order chi connectivity index (χ0) is 13.4. The van der Waals surface area contributed by atoms with Crippen LogP contribution in [-0.4, -0.2) is 18.1 Å². The fourth-order valence-electron chi connectivity index (χ4n) is 2.96. The van der Waals surface area contributed by atoms with Crippen molar-refractivity contribution in [2.24, 2.45) is 0 Å². The van der Waals surface area contributed by atoms with Crippen molar-refractivity contribution in [2.75, 3.05) is 13.1 Å². The minimum absolute atomic E-state index is 0.557. The summed E-state index contributed by atoms with van der Waals surface area (Å²) in [6.45, 7) is 2.13. The average Bonchev–Trinajstić information content (AvgIpc) is 3.16. The number of hydrogen-bond acceptors (Lipinski definition) is 3. The summed E-state index contributed by atoms with van der Waals surface area (Å²) in [6, 6.07) is 16.4. The van der Waals surface area contributed by atoms with Gasteiger partial charge < -0.3 is 9.73 Å². The minimum atomic E-state index is 0.557. The SMILES string of the molecule is c1ccc(C2CCNC2)c(-c2nc3ccccc3o2)c1. The van der Waals surface area contributed by atoms with Crippen LogP contribution in [0.3, 0.4) is 0 Å². The molecule has 0 aliphatic carbocycles. The van der Waals surface area contributed by atoms with Gasteiger partial charge in [0, 0.05) is 12.1 Å². The number of fused-ring (bicyclic) bond motifs is 1. The predicted molar refractivity (Wildman–Crippen MR) is 79.7 cm³/mol. The second-order valence-electron chi connectivity index (χ2n) is 5.26. The van der Waals surface area contributed by atoms with Crippen LogP contribution in [0.2, 0.25) is 0 Å². The Kier molecular flexibility index (Phi) is 2.78. The van der Waals surface area contributed by atoms with Crippen LogP contribution in [0.4, 0.5) is 0 Å². The van der Waals surface area contributed by atoms with E-state index >= 15 is 0 Å². The summed E-state index contributed by atoms with van der Waals surface area (Å²) in [5.41, 5.74) is 4.23. The van der Waals surface area contributed by atoms with Crippen molar-refractivity contribution in [3.63, 3.8) is 0 Å². The number of oxazole rings is 1. The van der Waals surface area contributed by atoms with E-state index in [1.54, 1.807) is 0 Å². The molecule has 100 valence electrons. The van der Waals surface area contributed by atoms with Crippen LogP contribution in [0.1, 0.15) is 17.9 Å². The first-order valence-corrected chi connectivity index (χ1v) is 7.07. The van der Waals surface area contributed by atoms with Crippen molar-refractivity contribution in [3.05, 3.63) is 54.1 Å². The van der Waals surface area contributed by atoms with Crippen molar-refractivity contribution < 1.29 is 4.42 Å². The van der Waals surface area contributed by atoms with Gasteiger partial charge in [0.25, 0.3) is 0 Å². The summed E-state index contributed by atoms with van der Waals surface area (Å²) in [7, 11) is 0. The van der Waals surface area contributed by atoms with Gasteiger partial charge in [0.05, 0.1) is 0 Å².